The molecule has 50 heavy (non-hydrogen) atoms. The summed E-state index contributed by atoms with van der Waals surface area (Å²) >= 11 is 0. The fourth-order valence-electron chi connectivity index (χ4n) is 7.32. The van der Waals surface area contributed by atoms with E-state index in [9.17, 15) is 0 Å². The molecule has 0 aliphatic carbocycles. The maximum Gasteiger partial charge on any atom is 0.135 e. The van der Waals surface area contributed by atoms with Crippen molar-refractivity contribution in [3.05, 3.63) is 182 Å². The van der Waals surface area contributed by atoms with Crippen molar-refractivity contribution >= 4 is 43.9 Å². The van der Waals surface area contributed by atoms with Gasteiger partial charge in [0.25, 0.3) is 0 Å². The predicted octanol–water partition coefficient (Wildman–Crippen LogP) is 13.8. The molecule has 0 fully saturated rings. The van der Waals surface area contributed by atoms with E-state index in [2.05, 4.69) is 158 Å². The second-order valence-electron chi connectivity index (χ2n) is 12.9. The first-order chi connectivity index (χ1) is 24.7. The van der Waals surface area contributed by atoms with Crippen molar-refractivity contribution in [2.45, 2.75) is 0 Å². The molecule has 10 aromatic rings. The van der Waals surface area contributed by atoms with Gasteiger partial charge in [-0.3, -0.25) is 0 Å². The Bertz CT molecular complexity index is 2690. The Balaban J connectivity index is 0.968. The summed E-state index contributed by atoms with van der Waals surface area (Å²) in [6, 6.07) is 64.8. The number of benzene rings is 8. The van der Waals surface area contributed by atoms with Crippen molar-refractivity contribution in [1.82, 2.24) is 0 Å². The van der Waals surface area contributed by atoms with Gasteiger partial charge in [0.2, 0.25) is 0 Å². The van der Waals surface area contributed by atoms with Crippen LogP contribution in [0.15, 0.2) is 191 Å². The zero-order chi connectivity index (χ0) is 33.0. The smallest absolute Gasteiger partial charge is 0.135 e. The first-order valence-corrected chi connectivity index (χ1v) is 17.0. The summed E-state index contributed by atoms with van der Waals surface area (Å²) in [4.78, 5) is 0. The molecule has 2 heteroatoms. The van der Waals surface area contributed by atoms with E-state index < -0.39 is 0 Å². The van der Waals surface area contributed by atoms with Crippen molar-refractivity contribution in [1.29, 1.82) is 0 Å². The van der Waals surface area contributed by atoms with E-state index in [1.807, 2.05) is 24.3 Å². The Labute approximate surface area is 289 Å². The van der Waals surface area contributed by atoms with E-state index in [1.165, 1.54) is 55.6 Å². The summed E-state index contributed by atoms with van der Waals surface area (Å²) in [5.41, 5.74) is 15.5. The molecule has 2 heterocycles. The van der Waals surface area contributed by atoms with E-state index >= 15 is 0 Å². The van der Waals surface area contributed by atoms with Gasteiger partial charge >= 0.3 is 0 Å². The fraction of sp³-hybridized carbons (Fsp3) is 0. The third kappa shape index (κ3) is 4.89. The summed E-state index contributed by atoms with van der Waals surface area (Å²) < 4.78 is 12.2. The topological polar surface area (TPSA) is 26.3 Å². The summed E-state index contributed by atoms with van der Waals surface area (Å²) in [6.45, 7) is 0. The van der Waals surface area contributed by atoms with Crippen LogP contribution in [-0.4, -0.2) is 0 Å². The van der Waals surface area contributed by atoms with E-state index in [4.69, 9.17) is 8.83 Å². The average molecular weight is 639 g/mol. The lowest BCUT2D eigenvalue weighted by Gasteiger charge is -2.11. The number of fused-ring (bicyclic) bond motifs is 6. The molecule has 10 rings (SSSR count). The van der Waals surface area contributed by atoms with E-state index in [-0.39, 0.29) is 0 Å². The second kappa shape index (κ2) is 11.5. The monoisotopic (exact) mass is 638 g/mol. The Morgan fingerprint density at radius 1 is 0.200 bits per heavy atom. The van der Waals surface area contributed by atoms with Crippen LogP contribution in [0.5, 0.6) is 0 Å². The molecule has 0 spiro atoms. The average Bonchev–Trinajstić information content (AvgIpc) is 3.76. The van der Waals surface area contributed by atoms with Gasteiger partial charge in [0.1, 0.15) is 22.3 Å². The van der Waals surface area contributed by atoms with Gasteiger partial charge in [-0.05, 0) is 116 Å². The normalized spacial score (nSPS) is 11.6. The van der Waals surface area contributed by atoms with Gasteiger partial charge in [-0.25, -0.2) is 0 Å². The Kier molecular flexibility index (Phi) is 6.53. The Morgan fingerprint density at radius 3 is 0.820 bits per heavy atom. The van der Waals surface area contributed by atoms with Gasteiger partial charge in [-0.15, -0.1) is 0 Å². The van der Waals surface area contributed by atoms with Crippen LogP contribution in [0.2, 0.25) is 0 Å². The molecule has 0 atom stereocenters. The largest absolute Gasteiger partial charge is 0.456 e. The number of para-hydroxylation sites is 2. The third-order valence-corrected chi connectivity index (χ3v) is 9.87. The third-order valence-electron chi connectivity index (χ3n) is 9.87. The number of rotatable bonds is 5. The zero-order valence-corrected chi connectivity index (χ0v) is 27.1. The molecule has 0 N–H and O–H groups in total. The molecule has 0 amide bonds. The van der Waals surface area contributed by atoms with Crippen LogP contribution >= 0.6 is 0 Å². The highest BCUT2D eigenvalue weighted by Gasteiger charge is 2.12. The van der Waals surface area contributed by atoms with Gasteiger partial charge in [0, 0.05) is 21.5 Å². The van der Waals surface area contributed by atoms with Crippen molar-refractivity contribution in [2.24, 2.45) is 0 Å². The van der Waals surface area contributed by atoms with E-state index in [1.54, 1.807) is 0 Å². The summed E-state index contributed by atoms with van der Waals surface area (Å²) in [7, 11) is 0. The van der Waals surface area contributed by atoms with Crippen LogP contribution in [0.4, 0.5) is 0 Å². The molecule has 234 valence electrons. The first kappa shape index (κ1) is 28.4. The van der Waals surface area contributed by atoms with Crippen molar-refractivity contribution in [3.63, 3.8) is 0 Å². The highest BCUT2D eigenvalue weighted by atomic mass is 16.3. The lowest BCUT2D eigenvalue weighted by atomic mass is 9.93. The highest BCUT2D eigenvalue weighted by Crippen LogP contribution is 2.37. The number of furan rings is 2. The molecule has 2 nitrogen and oxygen atoms in total. The molecule has 0 unspecified atom stereocenters. The highest BCUT2D eigenvalue weighted by molar-refractivity contribution is 6.07. The molecule has 0 saturated carbocycles. The molecule has 8 aromatic carbocycles. The molecule has 0 bridgehead atoms. The minimum atomic E-state index is 0.914. The van der Waals surface area contributed by atoms with Gasteiger partial charge < -0.3 is 8.83 Å². The number of hydrogen-bond donors (Lipinski definition) is 0. The molecule has 0 saturated heterocycles. The molecule has 0 aliphatic rings. The fourth-order valence-corrected chi connectivity index (χ4v) is 7.32. The maximum absolute atomic E-state index is 6.08. The minimum Gasteiger partial charge on any atom is -0.456 e. The summed E-state index contributed by atoms with van der Waals surface area (Å²) in [5.74, 6) is 0. The molecular formula is C48H30O2. The van der Waals surface area contributed by atoms with E-state index in [0.717, 1.165) is 43.9 Å². The van der Waals surface area contributed by atoms with Crippen molar-refractivity contribution in [2.75, 3.05) is 0 Å². The van der Waals surface area contributed by atoms with Crippen LogP contribution < -0.4 is 0 Å². The minimum absolute atomic E-state index is 0.914. The quantitative estimate of drug-likeness (QED) is 0.187. The lowest BCUT2D eigenvalue weighted by molar-refractivity contribution is 0.668. The van der Waals surface area contributed by atoms with Gasteiger partial charge in [0.05, 0.1) is 0 Å². The van der Waals surface area contributed by atoms with Crippen LogP contribution in [0.3, 0.4) is 0 Å². The standard InChI is InChI=1S/C48H30O2/c1-3-19-45-41(17-1)43-29-39(21-23-47(43)49-45)37-15-7-13-35(27-37)33-11-5-9-31(25-33)32-10-6-12-34(26-32)36-14-8-16-38(28-36)40-22-24-48-44(30-40)42-18-2-4-20-46(42)50-48/h1-30H. The maximum atomic E-state index is 6.08. The number of hydrogen-bond acceptors (Lipinski definition) is 2. The molecule has 0 aliphatic heterocycles. The Morgan fingerprint density at radius 2 is 0.480 bits per heavy atom. The summed E-state index contributed by atoms with van der Waals surface area (Å²) in [5, 5.41) is 4.57. The van der Waals surface area contributed by atoms with Crippen molar-refractivity contribution < 1.29 is 8.83 Å². The zero-order valence-electron chi connectivity index (χ0n) is 27.1. The van der Waals surface area contributed by atoms with Gasteiger partial charge in [0.15, 0.2) is 0 Å². The first-order valence-electron chi connectivity index (χ1n) is 17.0. The molecule has 2 aromatic heterocycles. The predicted molar refractivity (Wildman–Crippen MR) is 208 cm³/mol. The van der Waals surface area contributed by atoms with Crippen LogP contribution in [0, 0.1) is 0 Å². The van der Waals surface area contributed by atoms with E-state index in [0.29, 0.717) is 0 Å². The second-order valence-corrected chi connectivity index (χ2v) is 12.9. The van der Waals surface area contributed by atoms with Crippen molar-refractivity contribution in [3.8, 4) is 55.6 Å². The van der Waals surface area contributed by atoms with Crippen LogP contribution in [0.25, 0.3) is 99.5 Å². The van der Waals surface area contributed by atoms with Crippen LogP contribution in [-0.2, 0) is 0 Å². The summed E-state index contributed by atoms with van der Waals surface area (Å²) in [6.07, 6.45) is 0. The molecule has 0 radical (unpaired) electrons. The Hall–Kier alpha value is -6.64. The lowest BCUT2D eigenvalue weighted by Crippen LogP contribution is -1.85. The molecular weight excluding hydrogens is 609 g/mol. The van der Waals surface area contributed by atoms with Gasteiger partial charge in [-0.2, -0.15) is 0 Å². The van der Waals surface area contributed by atoms with Crippen LogP contribution in [0.1, 0.15) is 0 Å². The van der Waals surface area contributed by atoms with Gasteiger partial charge in [-0.1, -0.05) is 121 Å². The SMILES string of the molecule is c1cc(-c2cccc(-c3cccc(-c4ccc5oc6ccccc6c5c4)c3)c2)cc(-c2cccc(-c3ccc4oc5ccccc5c4c3)c2)c1.